The van der Waals surface area contributed by atoms with E-state index in [2.05, 4.69) is 11.6 Å². The summed E-state index contributed by atoms with van der Waals surface area (Å²) in [4.78, 5) is 17.5. The number of pyridine rings is 2. The lowest BCUT2D eigenvalue weighted by molar-refractivity contribution is -0.649. The first-order valence-corrected chi connectivity index (χ1v) is 9.98. The van der Waals surface area contributed by atoms with Gasteiger partial charge in [0, 0.05) is 6.20 Å². The first kappa shape index (κ1) is 17.9. The van der Waals surface area contributed by atoms with E-state index in [1.807, 2.05) is 0 Å². The summed E-state index contributed by atoms with van der Waals surface area (Å²) in [6.07, 6.45) is 3.16. The molecule has 3 heterocycles. The summed E-state index contributed by atoms with van der Waals surface area (Å²) >= 11 is 0. The molecule has 28 heavy (non-hydrogen) atoms. The van der Waals surface area contributed by atoms with Gasteiger partial charge in [-0.2, -0.15) is 0 Å². The number of fused-ring (bicyclic) bond motifs is 2. The zero-order chi connectivity index (χ0) is 19.9. The summed E-state index contributed by atoms with van der Waals surface area (Å²) in [5, 5.41) is 0.161. The van der Waals surface area contributed by atoms with Crippen molar-refractivity contribution in [1.82, 2.24) is 9.38 Å². The number of anilines is 1. The highest BCUT2D eigenvalue weighted by atomic mass is 32.2. The Kier molecular flexibility index (Phi) is 4.20. The molecule has 3 aromatic heterocycles. The fraction of sp³-hybridized carbons (Fsp3) is 0.0500. The Balaban J connectivity index is 2.16. The smallest absolute Gasteiger partial charge is 0.278 e. The zero-order valence-electron chi connectivity index (χ0n) is 14.8. The van der Waals surface area contributed by atoms with E-state index in [0.29, 0.717) is 11.3 Å². The number of nitrogens with zero attached hydrogens (tertiary/aromatic N) is 3. The number of rotatable bonds is 4. The van der Waals surface area contributed by atoms with Crippen LogP contribution in [0.15, 0.2) is 88.0 Å². The van der Waals surface area contributed by atoms with Crippen LogP contribution in [0.4, 0.5) is 5.82 Å². The van der Waals surface area contributed by atoms with Gasteiger partial charge in [-0.1, -0.05) is 41.9 Å². The maximum absolute atomic E-state index is 13.2. The number of nitrogen functional groups attached to an aromatic ring is 1. The quantitative estimate of drug-likeness (QED) is 0.323. The molecular formula is C20H17N4O3S+. The van der Waals surface area contributed by atoms with E-state index in [9.17, 15) is 13.2 Å². The molecule has 0 aliphatic heterocycles. The summed E-state index contributed by atoms with van der Waals surface area (Å²) < 4.78 is 29.2. The lowest BCUT2D eigenvalue weighted by atomic mass is 10.3. The van der Waals surface area contributed by atoms with E-state index in [1.165, 1.54) is 27.2 Å². The third-order valence-corrected chi connectivity index (χ3v) is 6.28. The number of nitrogens with two attached hydrogens (primary N) is 1. The fourth-order valence-electron chi connectivity index (χ4n) is 3.13. The zero-order valence-corrected chi connectivity index (χ0v) is 15.6. The highest BCUT2D eigenvalue weighted by Crippen LogP contribution is 2.26. The molecule has 0 saturated heterocycles. The lowest BCUT2D eigenvalue weighted by Crippen LogP contribution is -2.41. The van der Waals surface area contributed by atoms with Crippen LogP contribution in [0.1, 0.15) is 0 Å². The van der Waals surface area contributed by atoms with Crippen LogP contribution in [0, 0.1) is 0 Å². The molecule has 0 amide bonds. The second-order valence-corrected chi connectivity index (χ2v) is 8.11. The van der Waals surface area contributed by atoms with E-state index < -0.39 is 9.84 Å². The average Bonchev–Trinajstić information content (AvgIpc) is 2.71. The molecule has 1 aromatic carbocycles. The fourth-order valence-corrected chi connectivity index (χ4v) is 4.56. The molecule has 4 rings (SSSR count). The van der Waals surface area contributed by atoms with E-state index in [1.54, 1.807) is 48.7 Å². The van der Waals surface area contributed by atoms with Crippen LogP contribution in [-0.2, 0) is 16.4 Å². The molecule has 4 aromatic rings. The van der Waals surface area contributed by atoms with Gasteiger partial charge in [-0.3, -0.25) is 9.20 Å². The molecule has 140 valence electrons. The van der Waals surface area contributed by atoms with E-state index in [4.69, 9.17) is 5.73 Å². The van der Waals surface area contributed by atoms with Crippen molar-refractivity contribution in [2.75, 3.05) is 5.73 Å². The number of hydrogen-bond acceptors (Lipinski definition) is 5. The maximum atomic E-state index is 13.2. The summed E-state index contributed by atoms with van der Waals surface area (Å²) in [5.74, 6) is 0.00318. The molecule has 0 aliphatic rings. The molecule has 0 aliphatic carbocycles. The second-order valence-electron chi connectivity index (χ2n) is 6.19. The molecular weight excluding hydrogens is 376 g/mol. The van der Waals surface area contributed by atoms with Crippen LogP contribution in [0.2, 0.25) is 0 Å². The molecule has 0 fully saturated rings. The summed E-state index contributed by atoms with van der Waals surface area (Å²) in [6.45, 7) is 3.91. The Hall–Kier alpha value is -3.52. The van der Waals surface area contributed by atoms with Crippen molar-refractivity contribution in [3.63, 3.8) is 0 Å². The summed E-state index contributed by atoms with van der Waals surface area (Å²) in [6, 6.07) is 14.4. The van der Waals surface area contributed by atoms with E-state index in [-0.39, 0.29) is 33.1 Å². The molecule has 0 bridgehead atoms. The number of aromatic nitrogens is 3. The van der Waals surface area contributed by atoms with Crippen molar-refractivity contribution in [3.05, 3.63) is 83.8 Å². The van der Waals surface area contributed by atoms with Gasteiger partial charge in [0.2, 0.25) is 21.3 Å². The van der Waals surface area contributed by atoms with Gasteiger partial charge in [-0.25, -0.2) is 13.0 Å². The minimum Gasteiger partial charge on any atom is -0.317 e. The van der Waals surface area contributed by atoms with Gasteiger partial charge in [0.15, 0.2) is 0 Å². The summed E-state index contributed by atoms with van der Waals surface area (Å²) in [5.41, 5.74) is 6.61. The van der Waals surface area contributed by atoms with Gasteiger partial charge in [-0.05, 0) is 30.3 Å². The Morgan fingerprint density at radius 1 is 1.14 bits per heavy atom. The maximum Gasteiger partial charge on any atom is 0.278 e. The molecule has 8 heteroatoms. The number of hydrogen-bond donors (Lipinski definition) is 1. The van der Waals surface area contributed by atoms with Crippen LogP contribution >= 0.6 is 0 Å². The highest BCUT2D eigenvalue weighted by molar-refractivity contribution is 7.91. The molecule has 0 atom stereocenters. The van der Waals surface area contributed by atoms with Crippen molar-refractivity contribution in [2.45, 2.75) is 16.3 Å². The predicted molar refractivity (Wildman–Crippen MR) is 106 cm³/mol. The molecule has 2 N–H and O–H groups in total. The van der Waals surface area contributed by atoms with Gasteiger partial charge >= 0.3 is 0 Å². The SMILES string of the molecule is C=CC[n+]1c(N)c(S(=O)(=O)c2ccccc2)cc2c(=O)n3ccccc3nc21. The third-order valence-electron chi connectivity index (χ3n) is 4.48. The highest BCUT2D eigenvalue weighted by Gasteiger charge is 2.28. The lowest BCUT2D eigenvalue weighted by Gasteiger charge is -2.11. The van der Waals surface area contributed by atoms with Gasteiger partial charge in [-0.15, -0.1) is 0 Å². The van der Waals surface area contributed by atoms with Crippen LogP contribution in [0.3, 0.4) is 0 Å². The van der Waals surface area contributed by atoms with Crippen molar-refractivity contribution < 1.29 is 13.0 Å². The van der Waals surface area contributed by atoms with E-state index in [0.717, 1.165) is 0 Å². The van der Waals surface area contributed by atoms with Gasteiger partial charge in [0.05, 0.1) is 11.4 Å². The number of allylic oxidation sites excluding steroid dienone is 1. The van der Waals surface area contributed by atoms with Crippen LogP contribution < -0.4 is 15.9 Å². The molecule has 0 saturated carbocycles. The minimum absolute atomic E-state index is 0.00318. The number of benzene rings is 1. The molecule has 0 spiro atoms. The Labute approximate surface area is 160 Å². The standard InChI is InChI=1S/C20H16N4O3S/c1-2-11-24-18(21)16(28(26,27)14-8-4-3-5-9-14)13-15-19(24)22-17-10-6-7-12-23(17)20(15)25/h2-10,12-13,21H,1,11H2/p+1. The molecule has 0 radical (unpaired) electrons. The predicted octanol–water partition coefficient (Wildman–Crippen LogP) is 1.74. The summed E-state index contributed by atoms with van der Waals surface area (Å²) in [7, 11) is -3.93. The van der Waals surface area contributed by atoms with Crippen molar-refractivity contribution >= 4 is 32.3 Å². The molecule has 7 nitrogen and oxygen atoms in total. The number of sulfone groups is 1. The largest absolute Gasteiger partial charge is 0.317 e. The normalized spacial score (nSPS) is 11.7. The average molecular weight is 393 g/mol. The minimum atomic E-state index is -3.93. The van der Waals surface area contributed by atoms with Crippen LogP contribution in [0.5, 0.6) is 0 Å². The van der Waals surface area contributed by atoms with Gasteiger partial charge in [0.25, 0.3) is 11.2 Å². The van der Waals surface area contributed by atoms with Crippen molar-refractivity contribution in [2.24, 2.45) is 0 Å². The Morgan fingerprint density at radius 2 is 1.86 bits per heavy atom. The third kappa shape index (κ3) is 2.66. The van der Waals surface area contributed by atoms with Crippen molar-refractivity contribution in [3.8, 4) is 0 Å². The van der Waals surface area contributed by atoms with E-state index >= 15 is 0 Å². The topological polar surface area (TPSA) is 98.4 Å². The van der Waals surface area contributed by atoms with Crippen molar-refractivity contribution in [1.29, 1.82) is 0 Å². The van der Waals surface area contributed by atoms with Gasteiger partial charge in [0.1, 0.15) is 10.3 Å². The monoisotopic (exact) mass is 393 g/mol. The van der Waals surface area contributed by atoms with Gasteiger partial charge < -0.3 is 5.73 Å². The van der Waals surface area contributed by atoms with Crippen LogP contribution in [0.25, 0.3) is 16.7 Å². The molecule has 0 unspecified atom stereocenters. The van der Waals surface area contributed by atoms with Crippen LogP contribution in [-0.4, -0.2) is 17.8 Å². The second kappa shape index (κ2) is 6.58. The first-order chi connectivity index (χ1) is 13.4. The first-order valence-electron chi connectivity index (χ1n) is 8.49. The Morgan fingerprint density at radius 3 is 2.57 bits per heavy atom. The Bertz CT molecular complexity index is 1390.